The van der Waals surface area contributed by atoms with Gasteiger partial charge in [-0.2, -0.15) is 5.26 Å². The smallest absolute Gasteiger partial charge is 0.123 e. The van der Waals surface area contributed by atoms with Crippen molar-refractivity contribution in [2.75, 3.05) is 11.9 Å². The predicted octanol–water partition coefficient (Wildman–Crippen LogP) is 3.82. The van der Waals surface area contributed by atoms with Crippen molar-refractivity contribution in [2.24, 2.45) is 0 Å². The first kappa shape index (κ1) is 13.8. The van der Waals surface area contributed by atoms with E-state index in [2.05, 4.69) is 11.4 Å². The van der Waals surface area contributed by atoms with Gasteiger partial charge in [0.05, 0.1) is 19.0 Å². The van der Waals surface area contributed by atoms with E-state index < -0.39 is 0 Å². The van der Waals surface area contributed by atoms with Crippen molar-refractivity contribution in [3.63, 3.8) is 0 Å². The number of ether oxygens (including phenoxy) is 1. The van der Waals surface area contributed by atoms with Crippen LogP contribution in [0.15, 0.2) is 42.5 Å². The Balaban J connectivity index is 1.56. The van der Waals surface area contributed by atoms with Crippen molar-refractivity contribution >= 4 is 17.3 Å². The van der Waals surface area contributed by atoms with Crippen molar-refractivity contribution in [3.05, 3.63) is 58.6 Å². The molecule has 0 amide bonds. The fourth-order valence-electron chi connectivity index (χ4n) is 2.47. The van der Waals surface area contributed by atoms with Crippen molar-refractivity contribution < 1.29 is 4.74 Å². The van der Waals surface area contributed by atoms with Gasteiger partial charge in [-0.3, -0.25) is 0 Å². The Kier molecular flexibility index (Phi) is 3.98. The first-order valence-electron chi connectivity index (χ1n) is 6.89. The average molecular weight is 299 g/mol. The largest absolute Gasteiger partial charge is 0.488 e. The molecule has 1 atom stereocenters. The molecule has 1 heterocycles. The van der Waals surface area contributed by atoms with Gasteiger partial charge in [-0.1, -0.05) is 23.7 Å². The number of nitrogens with zero attached hydrogens (tertiary/aromatic N) is 1. The molecular formula is C17H15ClN2O. The van der Waals surface area contributed by atoms with Gasteiger partial charge < -0.3 is 10.1 Å². The lowest BCUT2D eigenvalue weighted by atomic mass is 10.1. The molecule has 0 saturated carbocycles. The minimum absolute atomic E-state index is 0.122. The molecule has 0 fully saturated rings. The summed E-state index contributed by atoms with van der Waals surface area (Å²) in [5.41, 5.74) is 3.23. The number of benzene rings is 2. The van der Waals surface area contributed by atoms with E-state index in [-0.39, 0.29) is 6.10 Å². The molecule has 2 aromatic carbocycles. The Morgan fingerprint density at radius 1 is 1.24 bits per heavy atom. The number of hydrogen-bond acceptors (Lipinski definition) is 3. The molecule has 0 spiro atoms. The first-order chi connectivity index (χ1) is 10.2. The lowest BCUT2D eigenvalue weighted by Crippen LogP contribution is -2.23. The van der Waals surface area contributed by atoms with Crippen LogP contribution in [0, 0.1) is 11.3 Å². The van der Waals surface area contributed by atoms with Crippen LogP contribution in [0.5, 0.6) is 5.75 Å². The quantitative estimate of drug-likeness (QED) is 0.933. The highest BCUT2D eigenvalue weighted by molar-refractivity contribution is 6.30. The highest BCUT2D eigenvalue weighted by Crippen LogP contribution is 2.31. The van der Waals surface area contributed by atoms with Gasteiger partial charge in [0.2, 0.25) is 0 Å². The summed E-state index contributed by atoms with van der Waals surface area (Å²) in [6.45, 7) is 0.740. The molecule has 1 aliphatic rings. The first-order valence-corrected chi connectivity index (χ1v) is 7.27. The van der Waals surface area contributed by atoms with E-state index >= 15 is 0 Å². The topological polar surface area (TPSA) is 45.0 Å². The predicted molar refractivity (Wildman–Crippen MR) is 83.8 cm³/mol. The minimum atomic E-state index is 0.122. The van der Waals surface area contributed by atoms with Crippen molar-refractivity contribution in [1.82, 2.24) is 0 Å². The maximum absolute atomic E-state index is 8.65. The summed E-state index contributed by atoms with van der Waals surface area (Å²) >= 11 is 5.99. The van der Waals surface area contributed by atoms with Crippen LogP contribution >= 0.6 is 11.6 Å². The third kappa shape index (κ3) is 3.29. The molecule has 3 rings (SSSR count). The van der Waals surface area contributed by atoms with E-state index in [1.54, 1.807) is 0 Å². The van der Waals surface area contributed by atoms with Crippen molar-refractivity contribution in [3.8, 4) is 11.8 Å². The summed E-state index contributed by atoms with van der Waals surface area (Å²) in [7, 11) is 0. The maximum atomic E-state index is 8.65. The third-order valence-corrected chi connectivity index (χ3v) is 3.77. The Morgan fingerprint density at radius 3 is 2.81 bits per heavy atom. The summed E-state index contributed by atoms with van der Waals surface area (Å²) in [6, 6.07) is 15.8. The van der Waals surface area contributed by atoms with Crippen LogP contribution in [0.1, 0.15) is 11.1 Å². The van der Waals surface area contributed by atoms with E-state index in [0.29, 0.717) is 6.42 Å². The zero-order valence-electron chi connectivity index (χ0n) is 11.5. The molecule has 1 unspecified atom stereocenters. The van der Waals surface area contributed by atoms with E-state index in [9.17, 15) is 0 Å². The van der Waals surface area contributed by atoms with Crippen molar-refractivity contribution in [1.29, 1.82) is 5.26 Å². The second-order valence-corrected chi connectivity index (χ2v) is 5.55. The van der Waals surface area contributed by atoms with Gasteiger partial charge in [0.25, 0.3) is 0 Å². The molecule has 21 heavy (non-hydrogen) atoms. The Bertz CT molecular complexity index is 676. The van der Waals surface area contributed by atoms with Crippen molar-refractivity contribution in [2.45, 2.75) is 18.9 Å². The van der Waals surface area contributed by atoms with Crippen LogP contribution < -0.4 is 10.1 Å². The van der Waals surface area contributed by atoms with Crippen LogP contribution in [0.25, 0.3) is 0 Å². The number of fused-ring (bicyclic) bond motifs is 1. The van der Waals surface area contributed by atoms with Gasteiger partial charge in [-0.05, 0) is 41.5 Å². The number of anilines is 1. The van der Waals surface area contributed by atoms with Gasteiger partial charge in [0.1, 0.15) is 11.9 Å². The maximum Gasteiger partial charge on any atom is 0.123 e. The molecule has 3 nitrogen and oxygen atoms in total. The molecule has 1 aliphatic heterocycles. The molecule has 1 N–H and O–H groups in total. The standard InChI is InChI=1S/C17H15ClN2O/c18-14-3-6-17-13(9-14)10-16(21-17)11-20-15-4-1-12(2-5-15)7-8-19/h1-6,9,16,20H,7,10-11H2. The summed E-state index contributed by atoms with van der Waals surface area (Å²) in [4.78, 5) is 0. The number of halogens is 1. The summed E-state index contributed by atoms with van der Waals surface area (Å²) in [6.07, 6.45) is 1.44. The number of rotatable bonds is 4. The highest BCUT2D eigenvalue weighted by atomic mass is 35.5. The molecule has 0 radical (unpaired) electrons. The fourth-order valence-corrected chi connectivity index (χ4v) is 2.66. The Labute approximate surface area is 129 Å². The van der Waals surface area contributed by atoms with Crippen LogP contribution in [-0.2, 0) is 12.8 Å². The molecule has 0 saturated heterocycles. The van der Waals surface area contributed by atoms with Gasteiger partial charge >= 0.3 is 0 Å². The monoisotopic (exact) mass is 298 g/mol. The van der Waals surface area contributed by atoms with Gasteiger partial charge in [0.15, 0.2) is 0 Å². The highest BCUT2D eigenvalue weighted by Gasteiger charge is 2.22. The lowest BCUT2D eigenvalue weighted by Gasteiger charge is -2.13. The number of hydrogen-bond donors (Lipinski definition) is 1. The molecular weight excluding hydrogens is 284 g/mol. The normalized spacial score (nSPS) is 15.9. The SMILES string of the molecule is N#CCc1ccc(NCC2Cc3cc(Cl)ccc3O2)cc1. The molecule has 2 aromatic rings. The second-order valence-electron chi connectivity index (χ2n) is 5.11. The summed E-state index contributed by atoms with van der Waals surface area (Å²) < 4.78 is 5.88. The molecule has 4 heteroatoms. The fraction of sp³-hybridized carbons (Fsp3) is 0.235. The second kappa shape index (κ2) is 6.07. The number of nitriles is 1. The van der Waals surface area contributed by atoms with Gasteiger partial charge in [0, 0.05) is 17.1 Å². The van der Waals surface area contributed by atoms with Crippen LogP contribution in [0.3, 0.4) is 0 Å². The van der Waals surface area contributed by atoms with E-state index in [1.807, 2.05) is 42.5 Å². The zero-order valence-corrected chi connectivity index (χ0v) is 12.2. The molecule has 0 aliphatic carbocycles. The molecule has 106 valence electrons. The Morgan fingerprint density at radius 2 is 2.05 bits per heavy atom. The lowest BCUT2D eigenvalue weighted by molar-refractivity contribution is 0.246. The number of nitrogens with one attached hydrogen (secondary N) is 1. The summed E-state index contributed by atoms with van der Waals surface area (Å²) in [5.74, 6) is 0.926. The van der Waals surface area contributed by atoms with Gasteiger partial charge in [-0.15, -0.1) is 0 Å². The van der Waals surface area contributed by atoms with E-state index in [0.717, 1.165) is 35.0 Å². The molecule has 0 bridgehead atoms. The van der Waals surface area contributed by atoms with E-state index in [1.165, 1.54) is 5.56 Å². The van der Waals surface area contributed by atoms with E-state index in [4.69, 9.17) is 21.6 Å². The summed E-state index contributed by atoms with van der Waals surface area (Å²) in [5, 5.41) is 12.8. The molecule has 0 aromatic heterocycles. The average Bonchev–Trinajstić information content (AvgIpc) is 2.89. The zero-order chi connectivity index (χ0) is 14.7. The minimum Gasteiger partial charge on any atom is -0.488 e. The van der Waals surface area contributed by atoms with Crippen LogP contribution in [0.2, 0.25) is 5.02 Å². The van der Waals surface area contributed by atoms with Crippen LogP contribution in [-0.4, -0.2) is 12.6 Å². The Hall–Kier alpha value is -2.18. The third-order valence-electron chi connectivity index (χ3n) is 3.53. The van der Waals surface area contributed by atoms with Crippen LogP contribution in [0.4, 0.5) is 5.69 Å². The van der Waals surface area contributed by atoms with Gasteiger partial charge in [-0.25, -0.2) is 0 Å².